The molecule has 0 spiro atoms. The maximum Gasteiger partial charge on any atom is 0.404 e. The zero-order valence-corrected chi connectivity index (χ0v) is 9.14. The number of benzene rings is 1. The van der Waals surface area contributed by atoms with Gasteiger partial charge in [-0.2, -0.15) is 0 Å². The van der Waals surface area contributed by atoms with Gasteiger partial charge in [0.25, 0.3) is 0 Å². The number of hydrogen-bond donors (Lipinski definition) is 2. The molecule has 2 N–H and O–H groups in total. The average molecular weight is 223 g/mol. The van der Waals surface area contributed by atoms with Crippen LogP contribution in [0.5, 0.6) is 0 Å². The molecule has 3 nitrogen and oxygen atoms in total. The van der Waals surface area contributed by atoms with Crippen molar-refractivity contribution in [2.75, 3.05) is 5.75 Å². The molecule has 2 rings (SSSR count). The molecule has 0 fully saturated rings. The Hall–Kier alpha value is -1.16. The number of nitrogens with one attached hydrogen (secondary N) is 1. The van der Waals surface area contributed by atoms with E-state index in [-0.39, 0.29) is 0 Å². The van der Waals surface area contributed by atoms with Crippen molar-refractivity contribution in [1.82, 2.24) is 5.32 Å². The fraction of sp³-hybridized carbons (Fsp3) is 0.364. The van der Waals surface area contributed by atoms with Gasteiger partial charge < -0.3 is 10.4 Å². The SMILES string of the molecule is O=C(O)NCc1ccc2c(c1)CCCS2. The number of aryl methyl sites for hydroxylation is 1. The van der Waals surface area contributed by atoms with E-state index >= 15 is 0 Å². The molecule has 0 radical (unpaired) electrons. The van der Waals surface area contributed by atoms with E-state index in [4.69, 9.17) is 5.11 Å². The number of fused-ring (bicyclic) bond motifs is 1. The Morgan fingerprint density at radius 3 is 3.20 bits per heavy atom. The second kappa shape index (κ2) is 4.57. The number of carboxylic acid groups (broad SMARTS) is 1. The number of carbonyl (C=O) groups is 1. The van der Waals surface area contributed by atoms with Crippen LogP contribution in [0, 0.1) is 0 Å². The van der Waals surface area contributed by atoms with Crippen LogP contribution < -0.4 is 5.32 Å². The highest BCUT2D eigenvalue weighted by Gasteiger charge is 2.09. The van der Waals surface area contributed by atoms with Crippen molar-refractivity contribution in [2.45, 2.75) is 24.3 Å². The first kappa shape index (κ1) is 10.4. The summed E-state index contributed by atoms with van der Waals surface area (Å²) in [7, 11) is 0. The molecule has 1 aromatic rings. The van der Waals surface area contributed by atoms with E-state index in [1.165, 1.54) is 22.6 Å². The quantitative estimate of drug-likeness (QED) is 0.809. The Labute approximate surface area is 92.9 Å². The minimum atomic E-state index is -0.970. The number of hydrogen-bond acceptors (Lipinski definition) is 2. The van der Waals surface area contributed by atoms with Crippen molar-refractivity contribution in [3.8, 4) is 0 Å². The number of thioether (sulfide) groups is 1. The summed E-state index contributed by atoms with van der Waals surface area (Å²) >= 11 is 1.89. The molecule has 0 atom stereocenters. The van der Waals surface area contributed by atoms with E-state index < -0.39 is 6.09 Å². The number of amides is 1. The van der Waals surface area contributed by atoms with Gasteiger partial charge in [-0.3, -0.25) is 0 Å². The molecule has 80 valence electrons. The van der Waals surface area contributed by atoms with E-state index in [0.717, 1.165) is 12.0 Å². The van der Waals surface area contributed by atoms with Crippen molar-refractivity contribution >= 4 is 17.9 Å². The van der Waals surface area contributed by atoms with Crippen LogP contribution >= 0.6 is 11.8 Å². The average Bonchev–Trinajstić information content (AvgIpc) is 2.26. The fourth-order valence-electron chi connectivity index (χ4n) is 1.70. The smallest absolute Gasteiger partial charge is 0.404 e. The van der Waals surface area contributed by atoms with E-state index in [0.29, 0.717) is 6.54 Å². The third-order valence-corrected chi connectivity index (χ3v) is 3.62. The second-order valence-electron chi connectivity index (χ2n) is 3.55. The summed E-state index contributed by atoms with van der Waals surface area (Å²) in [5.41, 5.74) is 2.40. The summed E-state index contributed by atoms with van der Waals surface area (Å²) in [5, 5.41) is 10.9. The first-order chi connectivity index (χ1) is 7.25. The van der Waals surface area contributed by atoms with Gasteiger partial charge in [-0.1, -0.05) is 12.1 Å². The van der Waals surface area contributed by atoms with Gasteiger partial charge in [0.05, 0.1) is 0 Å². The van der Waals surface area contributed by atoms with Gasteiger partial charge in [0.1, 0.15) is 0 Å². The van der Waals surface area contributed by atoms with Crippen molar-refractivity contribution in [2.24, 2.45) is 0 Å². The standard InChI is InChI=1S/C11H13NO2S/c13-11(14)12-7-8-3-4-10-9(6-8)2-1-5-15-10/h3-4,6,12H,1-2,5,7H2,(H,13,14). The van der Waals surface area contributed by atoms with Crippen LogP contribution in [0.1, 0.15) is 17.5 Å². The van der Waals surface area contributed by atoms with Crippen molar-refractivity contribution in [3.63, 3.8) is 0 Å². The molecule has 1 heterocycles. The lowest BCUT2D eigenvalue weighted by Gasteiger charge is -2.15. The van der Waals surface area contributed by atoms with Crippen molar-refractivity contribution < 1.29 is 9.90 Å². The van der Waals surface area contributed by atoms with Crippen molar-refractivity contribution in [1.29, 1.82) is 0 Å². The predicted molar refractivity (Wildman–Crippen MR) is 60.4 cm³/mol. The van der Waals surface area contributed by atoms with Crippen LogP contribution in [0.15, 0.2) is 23.1 Å². The van der Waals surface area contributed by atoms with Crippen LogP contribution in [0.4, 0.5) is 4.79 Å². The van der Waals surface area contributed by atoms with Gasteiger partial charge in [-0.05, 0) is 35.8 Å². The first-order valence-corrected chi connectivity index (χ1v) is 5.95. The fourth-order valence-corrected chi connectivity index (χ4v) is 2.72. The van der Waals surface area contributed by atoms with Crippen LogP contribution in [-0.4, -0.2) is 17.0 Å². The maximum atomic E-state index is 10.3. The third-order valence-electron chi connectivity index (χ3n) is 2.42. The van der Waals surface area contributed by atoms with E-state index in [1.807, 2.05) is 17.8 Å². The molecule has 0 aromatic heterocycles. The number of rotatable bonds is 2. The Morgan fingerprint density at radius 1 is 1.53 bits per heavy atom. The lowest BCUT2D eigenvalue weighted by Crippen LogP contribution is -2.20. The van der Waals surface area contributed by atoms with Crippen LogP contribution in [-0.2, 0) is 13.0 Å². The van der Waals surface area contributed by atoms with Gasteiger partial charge in [0.2, 0.25) is 0 Å². The van der Waals surface area contributed by atoms with E-state index in [2.05, 4.69) is 17.4 Å². The Bertz CT molecular complexity index is 379. The summed E-state index contributed by atoms with van der Waals surface area (Å²) in [5.74, 6) is 1.19. The topological polar surface area (TPSA) is 49.3 Å². The molecule has 4 heteroatoms. The molecule has 1 aromatic carbocycles. The normalized spacial score (nSPS) is 14.4. The molecule has 0 bridgehead atoms. The molecule has 0 aliphatic carbocycles. The summed E-state index contributed by atoms with van der Waals surface area (Å²) in [6.45, 7) is 0.396. The highest BCUT2D eigenvalue weighted by Crippen LogP contribution is 2.30. The minimum absolute atomic E-state index is 0.396. The van der Waals surface area contributed by atoms with Crippen LogP contribution in [0.25, 0.3) is 0 Å². The molecule has 0 saturated heterocycles. The maximum absolute atomic E-state index is 10.3. The Balaban J connectivity index is 2.10. The summed E-state index contributed by atoms with van der Waals surface area (Å²) < 4.78 is 0. The zero-order chi connectivity index (χ0) is 10.7. The molecule has 1 amide bonds. The largest absolute Gasteiger partial charge is 0.465 e. The molecular formula is C11H13NO2S. The van der Waals surface area contributed by atoms with E-state index in [1.54, 1.807) is 0 Å². The van der Waals surface area contributed by atoms with Gasteiger partial charge in [0, 0.05) is 11.4 Å². The van der Waals surface area contributed by atoms with Crippen LogP contribution in [0.3, 0.4) is 0 Å². The third kappa shape index (κ3) is 2.65. The molecule has 0 unspecified atom stereocenters. The summed E-state index contributed by atoms with van der Waals surface area (Å²) in [6.07, 6.45) is 1.36. The zero-order valence-electron chi connectivity index (χ0n) is 8.32. The summed E-state index contributed by atoms with van der Waals surface area (Å²) in [4.78, 5) is 11.7. The van der Waals surface area contributed by atoms with E-state index in [9.17, 15) is 4.79 Å². The molecule has 1 aliphatic rings. The lowest BCUT2D eigenvalue weighted by molar-refractivity contribution is 0.194. The van der Waals surface area contributed by atoms with Gasteiger partial charge in [0.15, 0.2) is 0 Å². The van der Waals surface area contributed by atoms with Gasteiger partial charge in [-0.15, -0.1) is 11.8 Å². The molecule has 0 saturated carbocycles. The molecule has 15 heavy (non-hydrogen) atoms. The second-order valence-corrected chi connectivity index (χ2v) is 4.69. The highest BCUT2D eigenvalue weighted by atomic mass is 32.2. The van der Waals surface area contributed by atoms with Crippen molar-refractivity contribution in [3.05, 3.63) is 29.3 Å². The Kier molecular flexibility index (Phi) is 3.16. The molecule has 1 aliphatic heterocycles. The Morgan fingerprint density at radius 2 is 2.40 bits per heavy atom. The lowest BCUT2D eigenvalue weighted by atomic mass is 10.1. The first-order valence-electron chi connectivity index (χ1n) is 4.97. The van der Waals surface area contributed by atoms with Crippen LogP contribution in [0.2, 0.25) is 0 Å². The monoisotopic (exact) mass is 223 g/mol. The molecular weight excluding hydrogens is 210 g/mol. The summed E-state index contributed by atoms with van der Waals surface area (Å²) in [6, 6.07) is 6.20. The van der Waals surface area contributed by atoms with Gasteiger partial charge >= 0.3 is 6.09 Å². The van der Waals surface area contributed by atoms with Gasteiger partial charge in [-0.25, -0.2) is 4.79 Å². The minimum Gasteiger partial charge on any atom is -0.465 e. The highest BCUT2D eigenvalue weighted by molar-refractivity contribution is 7.99. The predicted octanol–water partition coefficient (Wildman–Crippen LogP) is 2.49.